The van der Waals surface area contributed by atoms with E-state index in [2.05, 4.69) is 21.0 Å². The number of imide groups is 1. The number of aromatic nitrogens is 2. The number of benzene rings is 2. The Labute approximate surface area is 225 Å². The molecule has 0 spiro atoms. The first kappa shape index (κ1) is 27.1. The molecule has 0 saturated carbocycles. The molecule has 0 saturated heterocycles. The van der Waals surface area contributed by atoms with Crippen LogP contribution in [0.1, 0.15) is 46.0 Å². The van der Waals surface area contributed by atoms with Crippen molar-refractivity contribution in [1.82, 2.24) is 9.97 Å². The third-order valence-corrected chi connectivity index (χ3v) is 6.26. The van der Waals surface area contributed by atoms with Crippen LogP contribution >= 0.6 is 23.2 Å². The summed E-state index contributed by atoms with van der Waals surface area (Å²) in [5.74, 6) is 0.798. The van der Waals surface area contributed by atoms with Crippen LogP contribution in [0, 0.1) is 19.3 Å². The van der Waals surface area contributed by atoms with Gasteiger partial charge in [0.05, 0.1) is 11.3 Å². The van der Waals surface area contributed by atoms with Crippen molar-refractivity contribution in [2.24, 2.45) is 5.16 Å². The Morgan fingerprint density at radius 2 is 1.74 bits per heavy atom. The molecule has 2 aromatic carbocycles. The zero-order valence-corrected chi connectivity index (χ0v) is 21.3. The van der Waals surface area contributed by atoms with Gasteiger partial charge in [0.25, 0.3) is 11.5 Å². The molecule has 0 aliphatic carbocycles. The van der Waals surface area contributed by atoms with Crippen LogP contribution in [0.5, 0.6) is 0 Å². The lowest BCUT2D eigenvalue weighted by molar-refractivity contribution is -0.275. The number of halogens is 5. The number of alkyl halides is 3. The summed E-state index contributed by atoms with van der Waals surface area (Å²) < 4.78 is 42.9. The molecule has 2 amide bonds. The molecule has 1 atom stereocenters. The molecule has 3 aromatic rings. The first-order valence-electron chi connectivity index (χ1n) is 10.9. The maximum Gasteiger partial charge on any atom is 0.435 e. The molecule has 4 rings (SSSR count). The van der Waals surface area contributed by atoms with E-state index in [0.29, 0.717) is 16.7 Å². The highest BCUT2D eigenvalue weighted by Gasteiger charge is 2.62. The summed E-state index contributed by atoms with van der Waals surface area (Å²) in [6.07, 6.45) is 2.36. The van der Waals surface area contributed by atoms with Crippen LogP contribution in [0.2, 0.25) is 10.0 Å². The molecular formula is C26H17Cl2F3N4O3. The first-order valence-corrected chi connectivity index (χ1v) is 11.6. The Kier molecular flexibility index (Phi) is 7.19. The van der Waals surface area contributed by atoms with Gasteiger partial charge in [-0.15, -0.1) is 6.42 Å². The van der Waals surface area contributed by atoms with E-state index in [4.69, 9.17) is 34.5 Å². The molecular weight excluding hydrogens is 544 g/mol. The van der Waals surface area contributed by atoms with Crippen LogP contribution in [0.3, 0.4) is 0 Å². The smallest absolute Gasteiger partial charge is 0.374 e. The van der Waals surface area contributed by atoms with E-state index in [1.54, 1.807) is 6.92 Å². The number of terminal acetylenes is 1. The van der Waals surface area contributed by atoms with Crippen LogP contribution in [0.15, 0.2) is 53.9 Å². The summed E-state index contributed by atoms with van der Waals surface area (Å²) in [5, 5.41) is 3.76. The zero-order chi connectivity index (χ0) is 27.8. The number of oxime groups is 1. The molecule has 1 aliphatic heterocycles. The standard InChI is InChI=1S/C26H17Cl2F3N4O3/c1-4-16-12-32-24(33-13-16)35(15(3)36)23(37)21-6-5-17(7-14(21)2)22-11-25(38-34-22,26(29,30)31)18-8-19(27)10-20(28)9-18/h1,5-10,12-13H,11H2,2-3H3. The van der Waals surface area contributed by atoms with Crippen LogP contribution in [0.4, 0.5) is 19.1 Å². The number of rotatable bonds is 4. The Morgan fingerprint density at radius 1 is 1.11 bits per heavy atom. The van der Waals surface area contributed by atoms with Crippen molar-refractivity contribution in [2.75, 3.05) is 4.90 Å². The molecule has 12 heteroatoms. The van der Waals surface area contributed by atoms with Gasteiger partial charge < -0.3 is 4.84 Å². The second-order valence-corrected chi connectivity index (χ2v) is 9.27. The number of nitrogens with zero attached hydrogens (tertiary/aromatic N) is 4. The van der Waals surface area contributed by atoms with Gasteiger partial charge in [0.2, 0.25) is 11.9 Å². The zero-order valence-electron chi connectivity index (χ0n) is 19.8. The van der Waals surface area contributed by atoms with Crippen molar-refractivity contribution < 1.29 is 27.6 Å². The van der Waals surface area contributed by atoms with Gasteiger partial charge >= 0.3 is 6.18 Å². The molecule has 194 valence electrons. The van der Waals surface area contributed by atoms with Gasteiger partial charge in [-0.3, -0.25) is 9.59 Å². The van der Waals surface area contributed by atoms with Crippen LogP contribution in [-0.2, 0) is 15.2 Å². The molecule has 1 unspecified atom stereocenters. The van der Waals surface area contributed by atoms with E-state index in [-0.39, 0.29) is 32.8 Å². The van der Waals surface area contributed by atoms with Gasteiger partial charge in [0.1, 0.15) is 0 Å². The highest BCUT2D eigenvalue weighted by Crippen LogP contribution is 2.49. The van der Waals surface area contributed by atoms with Crippen LogP contribution in [-0.4, -0.2) is 33.7 Å². The minimum Gasteiger partial charge on any atom is -0.374 e. The molecule has 7 nitrogen and oxygen atoms in total. The van der Waals surface area contributed by atoms with Gasteiger partial charge in [-0.05, 0) is 48.4 Å². The van der Waals surface area contributed by atoms with Gasteiger partial charge in [-0.1, -0.05) is 40.3 Å². The Bertz CT molecular complexity index is 1500. The largest absolute Gasteiger partial charge is 0.435 e. The number of anilines is 1. The summed E-state index contributed by atoms with van der Waals surface area (Å²) in [4.78, 5) is 39.3. The van der Waals surface area contributed by atoms with Gasteiger partial charge in [-0.25, -0.2) is 14.9 Å². The van der Waals surface area contributed by atoms with E-state index in [0.717, 1.165) is 17.0 Å². The summed E-state index contributed by atoms with van der Waals surface area (Å²) in [7, 11) is 0. The maximum atomic E-state index is 14.3. The molecule has 0 N–H and O–H groups in total. The van der Waals surface area contributed by atoms with E-state index >= 15 is 0 Å². The Morgan fingerprint density at radius 3 is 2.26 bits per heavy atom. The predicted molar refractivity (Wildman–Crippen MR) is 135 cm³/mol. The number of hydrogen-bond acceptors (Lipinski definition) is 6. The van der Waals surface area contributed by atoms with Gasteiger partial charge in [-0.2, -0.15) is 13.2 Å². The Hall–Kier alpha value is -3.94. The van der Waals surface area contributed by atoms with Crippen molar-refractivity contribution in [3.8, 4) is 12.3 Å². The lowest BCUT2D eigenvalue weighted by atomic mass is 9.86. The fourth-order valence-corrected chi connectivity index (χ4v) is 4.46. The SMILES string of the molecule is C#Cc1cnc(N(C(C)=O)C(=O)c2ccc(C3=NOC(c4cc(Cl)cc(Cl)c4)(C(F)(F)F)C3)cc2C)nc1. The number of amides is 2. The lowest BCUT2D eigenvalue weighted by Crippen LogP contribution is -2.42. The lowest BCUT2D eigenvalue weighted by Gasteiger charge is -2.29. The number of aryl methyl sites for hydroxylation is 1. The monoisotopic (exact) mass is 560 g/mol. The summed E-state index contributed by atoms with van der Waals surface area (Å²) in [6.45, 7) is 2.74. The normalized spacial score (nSPS) is 16.8. The van der Waals surface area contributed by atoms with Crippen molar-refractivity contribution in [1.29, 1.82) is 0 Å². The average Bonchev–Trinajstić information content (AvgIpc) is 3.31. The molecule has 38 heavy (non-hydrogen) atoms. The molecule has 0 bridgehead atoms. The first-order chi connectivity index (χ1) is 17.9. The van der Waals surface area contributed by atoms with Gasteiger partial charge in [0, 0.05) is 46.9 Å². The third-order valence-electron chi connectivity index (χ3n) is 5.83. The minimum atomic E-state index is -4.85. The average molecular weight is 561 g/mol. The fourth-order valence-electron chi connectivity index (χ4n) is 3.93. The van der Waals surface area contributed by atoms with Crippen molar-refractivity contribution in [3.05, 3.63) is 86.7 Å². The van der Waals surface area contributed by atoms with E-state index in [1.807, 2.05) is 0 Å². The van der Waals surface area contributed by atoms with Gasteiger partial charge in [0.15, 0.2) is 0 Å². The quantitative estimate of drug-likeness (QED) is 0.374. The van der Waals surface area contributed by atoms with E-state index in [9.17, 15) is 22.8 Å². The van der Waals surface area contributed by atoms with E-state index < -0.39 is 30.0 Å². The Balaban J connectivity index is 1.65. The summed E-state index contributed by atoms with van der Waals surface area (Å²) in [6, 6.07) is 7.84. The van der Waals surface area contributed by atoms with Crippen molar-refractivity contribution >= 4 is 46.7 Å². The highest BCUT2D eigenvalue weighted by molar-refractivity contribution is 6.34. The maximum absolute atomic E-state index is 14.3. The summed E-state index contributed by atoms with van der Waals surface area (Å²) in [5.41, 5.74) is -1.96. The predicted octanol–water partition coefficient (Wildman–Crippen LogP) is 5.85. The van der Waals surface area contributed by atoms with E-state index in [1.165, 1.54) is 43.6 Å². The number of hydrogen-bond donors (Lipinski definition) is 0. The molecule has 0 radical (unpaired) electrons. The number of carbonyl (C=O) groups is 2. The minimum absolute atomic E-state index is 0.00264. The molecule has 1 aromatic heterocycles. The third kappa shape index (κ3) is 4.95. The highest BCUT2D eigenvalue weighted by atomic mass is 35.5. The molecule has 0 fully saturated rings. The second kappa shape index (κ2) is 10.1. The second-order valence-electron chi connectivity index (χ2n) is 8.39. The van der Waals surface area contributed by atoms with Crippen molar-refractivity contribution in [2.45, 2.75) is 32.0 Å². The summed E-state index contributed by atoms with van der Waals surface area (Å²) >= 11 is 11.9. The van der Waals surface area contributed by atoms with Crippen LogP contribution in [0.25, 0.3) is 0 Å². The fraction of sp³-hybridized carbons (Fsp3) is 0.192. The topological polar surface area (TPSA) is 84.8 Å². The molecule has 2 heterocycles. The van der Waals surface area contributed by atoms with Crippen LogP contribution < -0.4 is 4.90 Å². The number of carbonyl (C=O) groups excluding carboxylic acids is 2. The molecule has 1 aliphatic rings. The van der Waals surface area contributed by atoms with Crippen molar-refractivity contribution in [3.63, 3.8) is 0 Å².